The number of hydrogen-bond donors (Lipinski definition) is 2. The fourth-order valence-electron chi connectivity index (χ4n) is 1.88. The molecule has 0 unspecified atom stereocenters. The van der Waals surface area contributed by atoms with E-state index in [-0.39, 0.29) is 24.4 Å². The second kappa shape index (κ2) is 7.43. The first kappa shape index (κ1) is 16.7. The van der Waals surface area contributed by atoms with Gasteiger partial charge in [-0.1, -0.05) is 30.3 Å². The largest absolute Gasteiger partial charge is 0.478 e. The lowest BCUT2D eigenvalue weighted by Gasteiger charge is -2.07. The quantitative estimate of drug-likeness (QED) is 0.791. The van der Waals surface area contributed by atoms with Gasteiger partial charge in [0.25, 0.3) is 0 Å². The molecule has 0 aliphatic rings. The van der Waals surface area contributed by atoms with E-state index < -0.39 is 5.97 Å². The van der Waals surface area contributed by atoms with Gasteiger partial charge in [0.15, 0.2) is 0 Å². The van der Waals surface area contributed by atoms with Crippen molar-refractivity contribution in [2.24, 2.45) is 0 Å². The molecule has 1 amide bonds. The van der Waals surface area contributed by atoms with E-state index in [2.05, 4.69) is 11.9 Å². The number of aryl methyl sites for hydroxylation is 2. The Bertz CT molecular complexity index is 600. The van der Waals surface area contributed by atoms with Gasteiger partial charge in [-0.3, -0.25) is 4.79 Å². The third kappa shape index (κ3) is 5.26. The first-order valence-electron chi connectivity index (χ1n) is 6.76. The molecule has 4 heteroatoms. The highest BCUT2D eigenvalue weighted by Crippen LogP contribution is 2.16. The minimum Gasteiger partial charge on any atom is -0.478 e. The van der Waals surface area contributed by atoms with Gasteiger partial charge in [0.1, 0.15) is 0 Å². The molecule has 4 nitrogen and oxygen atoms in total. The van der Waals surface area contributed by atoms with Crippen molar-refractivity contribution in [2.75, 3.05) is 6.54 Å². The molecule has 2 N–H and O–H groups in total. The summed E-state index contributed by atoms with van der Waals surface area (Å²) in [6.45, 7) is 9.35. The first-order valence-corrected chi connectivity index (χ1v) is 6.76. The van der Waals surface area contributed by atoms with E-state index in [4.69, 9.17) is 0 Å². The molecule has 0 atom stereocenters. The summed E-state index contributed by atoms with van der Waals surface area (Å²) in [5.74, 6) is -1.23. The van der Waals surface area contributed by atoms with Gasteiger partial charge >= 0.3 is 5.97 Å². The molecule has 0 fully saturated rings. The van der Waals surface area contributed by atoms with Crippen LogP contribution in [-0.4, -0.2) is 23.5 Å². The summed E-state index contributed by atoms with van der Waals surface area (Å²) in [6.07, 6.45) is 1.92. The van der Waals surface area contributed by atoms with Crippen molar-refractivity contribution in [3.63, 3.8) is 0 Å². The fourth-order valence-corrected chi connectivity index (χ4v) is 1.88. The lowest BCUT2D eigenvalue weighted by molar-refractivity contribution is -0.132. The molecule has 21 heavy (non-hydrogen) atoms. The minimum absolute atomic E-state index is 0.258. The Kier molecular flexibility index (Phi) is 5.91. The Hall–Kier alpha value is -2.36. The molecule has 0 aromatic heterocycles. The predicted octanol–water partition coefficient (Wildman–Crippen LogP) is 2.85. The number of carbonyl (C=O) groups excluding carboxylic acids is 1. The highest BCUT2D eigenvalue weighted by atomic mass is 16.4. The highest BCUT2D eigenvalue weighted by molar-refractivity contribution is 5.93. The van der Waals surface area contributed by atoms with Crippen LogP contribution in [0.5, 0.6) is 0 Å². The molecular weight excluding hydrogens is 266 g/mol. The Morgan fingerprint density at radius 2 is 2.00 bits per heavy atom. The minimum atomic E-state index is -0.973. The molecule has 0 aliphatic carbocycles. The van der Waals surface area contributed by atoms with Gasteiger partial charge in [-0.15, -0.1) is 0 Å². The normalized spacial score (nSPS) is 11.1. The molecule has 0 saturated carbocycles. The second-order valence-corrected chi connectivity index (χ2v) is 5.12. The zero-order chi connectivity index (χ0) is 16.0. The number of carboxylic acids is 1. The van der Waals surface area contributed by atoms with Crippen molar-refractivity contribution in [1.82, 2.24) is 5.32 Å². The molecule has 0 heterocycles. The Labute approximate surface area is 125 Å². The summed E-state index contributed by atoms with van der Waals surface area (Å²) < 4.78 is 0. The number of rotatable bonds is 6. The van der Waals surface area contributed by atoms with Crippen molar-refractivity contribution in [1.29, 1.82) is 0 Å². The maximum absolute atomic E-state index is 11.4. The van der Waals surface area contributed by atoms with Crippen LogP contribution in [0.4, 0.5) is 0 Å². The summed E-state index contributed by atoms with van der Waals surface area (Å²) in [6, 6.07) is 5.86. The molecule has 0 saturated heterocycles. The van der Waals surface area contributed by atoms with Gasteiger partial charge in [0, 0.05) is 17.7 Å². The SMILES string of the molecule is C=C(C)C(=O)NCC/C(=C\c1ccc(C)cc1C)C(=O)O. The zero-order valence-corrected chi connectivity index (χ0v) is 12.7. The van der Waals surface area contributed by atoms with Crippen molar-refractivity contribution < 1.29 is 14.7 Å². The average molecular weight is 287 g/mol. The topological polar surface area (TPSA) is 66.4 Å². The van der Waals surface area contributed by atoms with Gasteiger partial charge in [-0.05, 0) is 44.4 Å². The van der Waals surface area contributed by atoms with E-state index in [1.165, 1.54) is 0 Å². The van der Waals surface area contributed by atoms with Crippen LogP contribution in [0.2, 0.25) is 0 Å². The third-order valence-electron chi connectivity index (χ3n) is 3.10. The maximum Gasteiger partial charge on any atom is 0.331 e. The van der Waals surface area contributed by atoms with Gasteiger partial charge < -0.3 is 10.4 Å². The van der Waals surface area contributed by atoms with E-state index in [0.717, 1.165) is 16.7 Å². The molecule has 1 rings (SSSR count). The van der Waals surface area contributed by atoms with Crippen LogP contribution in [0, 0.1) is 13.8 Å². The summed E-state index contributed by atoms with van der Waals surface area (Å²) in [5.41, 5.74) is 3.72. The van der Waals surface area contributed by atoms with E-state index in [0.29, 0.717) is 5.57 Å². The number of hydrogen-bond acceptors (Lipinski definition) is 2. The Balaban J connectivity index is 2.82. The summed E-state index contributed by atoms with van der Waals surface area (Å²) in [4.78, 5) is 22.7. The van der Waals surface area contributed by atoms with E-state index in [9.17, 15) is 14.7 Å². The van der Waals surface area contributed by atoms with Gasteiger partial charge in [-0.2, -0.15) is 0 Å². The molecule has 0 bridgehead atoms. The Morgan fingerprint density at radius 1 is 1.33 bits per heavy atom. The summed E-state index contributed by atoms with van der Waals surface area (Å²) in [7, 11) is 0. The van der Waals surface area contributed by atoms with E-state index in [1.807, 2.05) is 32.0 Å². The first-order chi connectivity index (χ1) is 9.81. The van der Waals surface area contributed by atoms with Crippen LogP contribution in [0.15, 0.2) is 35.9 Å². The monoisotopic (exact) mass is 287 g/mol. The molecule has 1 aromatic rings. The summed E-state index contributed by atoms with van der Waals surface area (Å²) in [5, 5.41) is 11.9. The number of nitrogens with one attached hydrogen (secondary N) is 1. The van der Waals surface area contributed by atoms with Crippen LogP contribution >= 0.6 is 0 Å². The molecule has 112 valence electrons. The van der Waals surface area contributed by atoms with Crippen LogP contribution in [0.25, 0.3) is 6.08 Å². The number of amides is 1. The van der Waals surface area contributed by atoms with Gasteiger partial charge in [0.2, 0.25) is 5.91 Å². The summed E-state index contributed by atoms with van der Waals surface area (Å²) >= 11 is 0. The van der Waals surface area contributed by atoms with E-state index >= 15 is 0 Å². The Morgan fingerprint density at radius 3 is 2.52 bits per heavy atom. The number of benzene rings is 1. The van der Waals surface area contributed by atoms with Crippen LogP contribution in [-0.2, 0) is 9.59 Å². The highest BCUT2D eigenvalue weighted by Gasteiger charge is 2.09. The molecule has 0 radical (unpaired) electrons. The van der Waals surface area contributed by atoms with Gasteiger partial charge in [0.05, 0.1) is 0 Å². The van der Waals surface area contributed by atoms with Crippen molar-refractivity contribution >= 4 is 18.0 Å². The smallest absolute Gasteiger partial charge is 0.331 e. The van der Waals surface area contributed by atoms with Crippen LogP contribution in [0.1, 0.15) is 30.0 Å². The maximum atomic E-state index is 11.4. The average Bonchev–Trinajstić information content (AvgIpc) is 2.39. The lowest BCUT2D eigenvalue weighted by Crippen LogP contribution is -2.25. The number of carbonyl (C=O) groups is 2. The zero-order valence-electron chi connectivity index (χ0n) is 12.7. The van der Waals surface area contributed by atoms with Gasteiger partial charge in [-0.25, -0.2) is 4.79 Å². The number of carboxylic acid groups (broad SMARTS) is 1. The predicted molar refractivity (Wildman–Crippen MR) is 84.0 cm³/mol. The third-order valence-corrected chi connectivity index (χ3v) is 3.10. The van der Waals surface area contributed by atoms with Crippen LogP contribution in [0.3, 0.4) is 0 Å². The standard InChI is InChI=1S/C17H21NO3/c1-11(2)16(19)18-8-7-15(17(20)21)10-14-6-5-12(3)9-13(14)4/h5-6,9-10H,1,7-8H2,2-4H3,(H,18,19)(H,20,21)/b15-10+. The van der Waals surface area contributed by atoms with Crippen LogP contribution < -0.4 is 5.32 Å². The van der Waals surface area contributed by atoms with E-state index in [1.54, 1.807) is 13.0 Å². The fraction of sp³-hybridized carbons (Fsp3) is 0.294. The molecule has 0 aliphatic heterocycles. The van der Waals surface area contributed by atoms with Crippen molar-refractivity contribution in [3.8, 4) is 0 Å². The molecule has 1 aromatic carbocycles. The lowest BCUT2D eigenvalue weighted by atomic mass is 10.0. The molecular formula is C17H21NO3. The number of aliphatic carboxylic acids is 1. The molecule has 0 spiro atoms. The van der Waals surface area contributed by atoms with Crippen molar-refractivity contribution in [3.05, 3.63) is 52.6 Å². The van der Waals surface area contributed by atoms with Crippen molar-refractivity contribution in [2.45, 2.75) is 27.2 Å². The second-order valence-electron chi connectivity index (χ2n) is 5.12.